The number of allylic oxidation sites excluding steroid dienone is 3. The third kappa shape index (κ3) is 7.83. The molecular formula is C17H26BrN3O4. The summed E-state index contributed by atoms with van der Waals surface area (Å²) in [6.07, 6.45) is 6.84. The van der Waals surface area contributed by atoms with Crippen LogP contribution in [-0.2, 0) is 4.74 Å². The molecule has 0 aromatic rings. The molecule has 1 rings (SSSR count). The molecule has 1 atom stereocenters. The lowest BCUT2D eigenvalue weighted by molar-refractivity contribution is -0.424. The summed E-state index contributed by atoms with van der Waals surface area (Å²) in [5.74, 6) is 0. The van der Waals surface area contributed by atoms with E-state index in [4.69, 9.17) is 4.74 Å². The monoisotopic (exact) mass is 415 g/mol. The van der Waals surface area contributed by atoms with Gasteiger partial charge < -0.3 is 9.64 Å². The SMILES string of the molecule is C/C(=C\C(C=C/C=C/Br)N1CCN(C(=O)OC(C)(C)C)CC1)[N+](=O)[O-]. The third-order valence-electron chi connectivity index (χ3n) is 3.58. The number of ether oxygens (including phenoxy) is 1. The van der Waals surface area contributed by atoms with Gasteiger partial charge in [-0.2, -0.15) is 0 Å². The van der Waals surface area contributed by atoms with Gasteiger partial charge in [-0.1, -0.05) is 34.2 Å². The Kier molecular flexibility index (Phi) is 8.31. The van der Waals surface area contributed by atoms with E-state index in [0.29, 0.717) is 26.2 Å². The first-order valence-electron chi connectivity index (χ1n) is 8.12. The molecule has 0 N–H and O–H groups in total. The number of carbonyl (C=O) groups is 1. The second-order valence-corrected chi connectivity index (χ2v) is 7.29. The molecule has 0 spiro atoms. The summed E-state index contributed by atoms with van der Waals surface area (Å²) in [6.45, 7) is 9.29. The summed E-state index contributed by atoms with van der Waals surface area (Å²) in [4.78, 5) is 28.1. The maximum absolute atomic E-state index is 12.1. The quantitative estimate of drug-likeness (QED) is 0.389. The molecule has 25 heavy (non-hydrogen) atoms. The largest absolute Gasteiger partial charge is 0.444 e. The zero-order valence-electron chi connectivity index (χ0n) is 15.1. The normalized spacial score (nSPS) is 18.8. The molecule has 0 saturated carbocycles. The van der Waals surface area contributed by atoms with Crippen molar-refractivity contribution in [2.45, 2.75) is 39.3 Å². The molecule has 1 heterocycles. The average molecular weight is 416 g/mol. The highest BCUT2D eigenvalue weighted by atomic mass is 79.9. The van der Waals surface area contributed by atoms with Crippen LogP contribution >= 0.6 is 15.9 Å². The lowest BCUT2D eigenvalue weighted by atomic mass is 10.1. The van der Waals surface area contributed by atoms with E-state index in [-0.39, 0.29) is 17.8 Å². The Morgan fingerprint density at radius 1 is 1.24 bits per heavy atom. The van der Waals surface area contributed by atoms with Gasteiger partial charge in [0.25, 0.3) is 0 Å². The number of nitrogens with zero attached hydrogens (tertiary/aromatic N) is 3. The molecule has 1 fully saturated rings. The Morgan fingerprint density at radius 3 is 2.32 bits per heavy atom. The van der Waals surface area contributed by atoms with Gasteiger partial charge in [-0.15, -0.1) is 0 Å². The molecule has 1 saturated heterocycles. The van der Waals surface area contributed by atoms with E-state index in [1.807, 2.05) is 32.9 Å². The van der Waals surface area contributed by atoms with Crippen LogP contribution in [0.5, 0.6) is 0 Å². The van der Waals surface area contributed by atoms with Crippen LogP contribution in [0.2, 0.25) is 0 Å². The van der Waals surface area contributed by atoms with E-state index in [2.05, 4.69) is 20.8 Å². The van der Waals surface area contributed by atoms with Crippen molar-refractivity contribution in [1.82, 2.24) is 9.80 Å². The molecule has 1 unspecified atom stereocenters. The van der Waals surface area contributed by atoms with E-state index < -0.39 is 10.5 Å². The number of amides is 1. The molecule has 0 aromatic carbocycles. The van der Waals surface area contributed by atoms with Gasteiger partial charge in [0.1, 0.15) is 5.60 Å². The van der Waals surface area contributed by atoms with Crippen LogP contribution in [0.4, 0.5) is 4.79 Å². The van der Waals surface area contributed by atoms with Crippen molar-refractivity contribution in [1.29, 1.82) is 0 Å². The molecule has 1 amide bonds. The summed E-state index contributed by atoms with van der Waals surface area (Å²) >= 11 is 3.19. The maximum Gasteiger partial charge on any atom is 0.410 e. The van der Waals surface area contributed by atoms with Crippen LogP contribution < -0.4 is 0 Å². The predicted octanol–water partition coefficient (Wildman–Crippen LogP) is 3.55. The summed E-state index contributed by atoms with van der Waals surface area (Å²) in [6, 6.07) is -0.199. The van der Waals surface area contributed by atoms with E-state index in [1.165, 1.54) is 6.92 Å². The topological polar surface area (TPSA) is 75.9 Å². The number of hydrogen-bond acceptors (Lipinski definition) is 5. The molecule has 7 nitrogen and oxygen atoms in total. The van der Waals surface area contributed by atoms with Crippen LogP contribution in [0.1, 0.15) is 27.7 Å². The Morgan fingerprint density at radius 2 is 1.84 bits per heavy atom. The lowest BCUT2D eigenvalue weighted by Gasteiger charge is -2.37. The minimum absolute atomic E-state index is 0.104. The number of halogens is 1. The van der Waals surface area contributed by atoms with Crippen LogP contribution in [0.15, 0.2) is 35.0 Å². The first kappa shape index (κ1) is 21.4. The minimum atomic E-state index is -0.521. The second-order valence-electron chi connectivity index (χ2n) is 6.76. The zero-order chi connectivity index (χ0) is 19.0. The summed E-state index contributed by atoms with van der Waals surface area (Å²) in [5, 5.41) is 10.9. The van der Waals surface area contributed by atoms with Crippen molar-refractivity contribution < 1.29 is 14.5 Å². The average Bonchev–Trinajstić information content (AvgIpc) is 2.52. The Labute approximate surface area is 157 Å². The highest BCUT2D eigenvalue weighted by molar-refractivity contribution is 9.11. The van der Waals surface area contributed by atoms with Gasteiger partial charge in [-0.25, -0.2) is 4.79 Å². The van der Waals surface area contributed by atoms with Crippen LogP contribution in [0.25, 0.3) is 0 Å². The number of rotatable bonds is 5. The highest BCUT2D eigenvalue weighted by Crippen LogP contribution is 2.15. The third-order valence-corrected chi connectivity index (χ3v) is 3.88. The standard InChI is InChI=1S/C17H26BrN3O4/c1-14(21(23)24)13-15(7-5-6-8-18)19-9-11-20(12-10-19)16(22)25-17(2,3)4/h5-8,13,15H,9-12H2,1-4H3/b7-5?,8-6+,14-13+. The van der Waals surface area contributed by atoms with Crippen molar-refractivity contribution in [3.63, 3.8) is 0 Å². The molecule has 1 aliphatic rings. The van der Waals surface area contributed by atoms with Gasteiger partial charge in [0.15, 0.2) is 0 Å². The molecule has 0 radical (unpaired) electrons. The van der Waals surface area contributed by atoms with Crippen LogP contribution in [0, 0.1) is 10.1 Å². The van der Waals surface area contributed by atoms with Gasteiger partial charge in [-0.3, -0.25) is 15.0 Å². The number of hydrogen-bond donors (Lipinski definition) is 0. The fourth-order valence-corrected chi connectivity index (χ4v) is 2.52. The Bertz CT molecular complexity index is 559. The van der Waals surface area contributed by atoms with Crippen LogP contribution in [0.3, 0.4) is 0 Å². The minimum Gasteiger partial charge on any atom is -0.444 e. The molecule has 0 aliphatic carbocycles. The first-order chi connectivity index (χ1) is 11.6. The van der Waals surface area contributed by atoms with Gasteiger partial charge >= 0.3 is 6.09 Å². The summed E-state index contributed by atoms with van der Waals surface area (Å²) < 4.78 is 5.39. The van der Waals surface area contributed by atoms with E-state index in [0.717, 1.165) is 0 Å². The van der Waals surface area contributed by atoms with Gasteiger partial charge in [0, 0.05) is 39.2 Å². The lowest BCUT2D eigenvalue weighted by Crippen LogP contribution is -2.52. The predicted molar refractivity (Wildman–Crippen MR) is 101 cm³/mol. The van der Waals surface area contributed by atoms with Gasteiger partial charge in [-0.05, 0) is 25.8 Å². The van der Waals surface area contributed by atoms with Crippen molar-refractivity contribution in [2.75, 3.05) is 26.2 Å². The number of carbonyl (C=O) groups excluding carboxylic acids is 1. The zero-order valence-corrected chi connectivity index (χ0v) is 16.7. The van der Waals surface area contributed by atoms with Gasteiger partial charge in [0.05, 0.1) is 11.0 Å². The number of piperazine rings is 1. The van der Waals surface area contributed by atoms with Crippen molar-refractivity contribution >= 4 is 22.0 Å². The van der Waals surface area contributed by atoms with E-state index in [9.17, 15) is 14.9 Å². The highest BCUT2D eigenvalue weighted by Gasteiger charge is 2.28. The smallest absolute Gasteiger partial charge is 0.410 e. The van der Waals surface area contributed by atoms with Crippen molar-refractivity contribution in [3.8, 4) is 0 Å². The van der Waals surface area contributed by atoms with Gasteiger partial charge in [0.2, 0.25) is 5.70 Å². The fourth-order valence-electron chi connectivity index (χ4n) is 2.34. The number of nitro groups is 1. The summed E-state index contributed by atoms with van der Waals surface area (Å²) in [5.41, 5.74) is -0.417. The van der Waals surface area contributed by atoms with Crippen molar-refractivity contribution in [3.05, 3.63) is 45.1 Å². The van der Waals surface area contributed by atoms with Crippen molar-refractivity contribution in [2.24, 2.45) is 0 Å². The molecule has 8 heteroatoms. The molecule has 0 aromatic heterocycles. The van der Waals surface area contributed by atoms with Crippen LogP contribution in [-0.4, -0.2) is 58.6 Å². The Hall–Kier alpha value is -1.67. The van der Waals surface area contributed by atoms with E-state index >= 15 is 0 Å². The fraction of sp³-hybridized carbons (Fsp3) is 0.588. The molecule has 0 bridgehead atoms. The molecule has 1 aliphatic heterocycles. The summed E-state index contributed by atoms with van der Waals surface area (Å²) in [7, 11) is 0. The maximum atomic E-state index is 12.1. The molecule has 140 valence electrons. The second kappa shape index (κ2) is 9.72. The Balaban J connectivity index is 2.76. The first-order valence-corrected chi connectivity index (χ1v) is 9.04. The molecular weight excluding hydrogens is 390 g/mol. The van der Waals surface area contributed by atoms with E-state index in [1.54, 1.807) is 22.0 Å².